The van der Waals surface area contributed by atoms with E-state index in [4.69, 9.17) is 0 Å². The number of rotatable bonds is 6. The van der Waals surface area contributed by atoms with Gasteiger partial charge in [-0.3, -0.25) is 4.79 Å². The second kappa shape index (κ2) is 7.75. The summed E-state index contributed by atoms with van der Waals surface area (Å²) in [6, 6.07) is 19.0. The van der Waals surface area contributed by atoms with Crippen LogP contribution in [0.1, 0.15) is 46.0 Å². The van der Waals surface area contributed by atoms with Crippen LogP contribution in [0.25, 0.3) is 0 Å². The average Bonchev–Trinajstić information content (AvgIpc) is 3.27. The minimum atomic E-state index is 0.170. The molecule has 1 N–H and O–H groups in total. The monoisotopic (exact) mass is 362 g/mol. The fourth-order valence-corrected chi connectivity index (χ4v) is 5.12. The minimum absolute atomic E-state index is 0.170. The SMILES string of the molecule is CC(C)N(c1ccccc1)c1ccc(NC(=O)C[C@H]2C[C@H]3CC[C@H]2C3)cc1. The molecule has 1 amide bonds. The smallest absolute Gasteiger partial charge is 0.224 e. The third-order valence-electron chi connectivity index (χ3n) is 6.31. The predicted octanol–water partition coefficient (Wildman–Crippen LogP) is 6.00. The Morgan fingerprint density at radius 3 is 2.30 bits per heavy atom. The minimum Gasteiger partial charge on any atom is -0.339 e. The molecule has 0 aliphatic heterocycles. The van der Waals surface area contributed by atoms with Crippen molar-refractivity contribution in [3.63, 3.8) is 0 Å². The maximum Gasteiger partial charge on any atom is 0.224 e. The highest BCUT2D eigenvalue weighted by molar-refractivity contribution is 5.91. The first-order valence-corrected chi connectivity index (χ1v) is 10.3. The quantitative estimate of drug-likeness (QED) is 0.684. The highest BCUT2D eigenvalue weighted by atomic mass is 16.1. The van der Waals surface area contributed by atoms with E-state index in [1.165, 1.54) is 31.4 Å². The largest absolute Gasteiger partial charge is 0.339 e. The Morgan fingerprint density at radius 1 is 1.00 bits per heavy atom. The van der Waals surface area contributed by atoms with Gasteiger partial charge >= 0.3 is 0 Å². The summed E-state index contributed by atoms with van der Waals surface area (Å²) in [5.74, 6) is 2.47. The Labute approximate surface area is 162 Å². The molecule has 2 aromatic carbocycles. The molecule has 4 rings (SSSR count). The van der Waals surface area contributed by atoms with Crippen molar-refractivity contribution in [2.75, 3.05) is 10.2 Å². The van der Waals surface area contributed by atoms with Gasteiger partial charge in [0.25, 0.3) is 0 Å². The van der Waals surface area contributed by atoms with Crippen LogP contribution in [0.2, 0.25) is 0 Å². The summed E-state index contributed by atoms with van der Waals surface area (Å²) in [5.41, 5.74) is 3.21. The summed E-state index contributed by atoms with van der Waals surface area (Å²) in [4.78, 5) is 14.8. The number of benzene rings is 2. The molecule has 2 bridgehead atoms. The zero-order valence-electron chi connectivity index (χ0n) is 16.4. The lowest BCUT2D eigenvalue weighted by Crippen LogP contribution is -2.25. The number of nitrogens with zero attached hydrogens (tertiary/aromatic N) is 1. The molecule has 0 saturated heterocycles. The maximum absolute atomic E-state index is 12.5. The van der Waals surface area contributed by atoms with Crippen LogP contribution in [0.3, 0.4) is 0 Å². The van der Waals surface area contributed by atoms with Crippen LogP contribution in [0.15, 0.2) is 54.6 Å². The molecule has 2 saturated carbocycles. The van der Waals surface area contributed by atoms with Crippen molar-refractivity contribution in [1.29, 1.82) is 0 Å². The first-order chi connectivity index (χ1) is 13.1. The van der Waals surface area contributed by atoms with Gasteiger partial charge in [0.05, 0.1) is 0 Å². The molecule has 2 aliphatic rings. The summed E-state index contributed by atoms with van der Waals surface area (Å²) in [6.45, 7) is 4.38. The van der Waals surface area contributed by atoms with Gasteiger partial charge in [-0.1, -0.05) is 24.6 Å². The molecule has 27 heavy (non-hydrogen) atoms. The van der Waals surface area contributed by atoms with Crippen molar-refractivity contribution in [2.45, 2.75) is 52.0 Å². The summed E-state index contributed by atoms with van der Waals surface area (Å²) in [5, 5.41) is 3.11. The number of hydrogen-bond acceptors (Lipinski definition) is 2. The Bertz CT molecular complexity index is 769. The fourth-order valence-electron chi connectivity index (χ4n) is 5.12. The molecule has 3 heteroatoms. The van der Waals surface area contributed by atoms with Crippen LogP contribution in [0.4, 0.5) is 17.1 Å². The summed E-state index contributed by atoms with van der Waals surface area (Å²) in [7, 11) is 0. The van der Waals surface area contributed by atoms with Crippen molar-refractivity contribution >= 4 is 23.0 Å². The number of carbonyl (C=O) groups excluding carboxylic acids is 1. The molecule has 0 spiro atoms. The number of anilines is 3. The highest BCUT2D eigenvalue weighted by Gasteiger charge is 2.40. The fraction of sp³-hybridized carbons (Fsp3) is 0.458. The number of hydrogen-bond donors (Lipinski definition) is 1. The third kappa shape index (κ3) is 4.02. The number of carbonyl (C=O) groups is 1. The molecular weight excluding hydrogens is 332 g/mol. The molecule has 0 heterocycles. The van der Waals surface area contributed by atoms with Gasteiger partial charge in [0, 0.05) is 29.5 Å². The van der Waals surface area contributed by atoms with Gasteiger partial charge in [0.2, 0.25) is 5.91 Å². The summed E-state index contributed by atoms with van der Waals surface area (Å²) >= 11 is 0. The Hall–Kier alpha value is -2.29. The third-order valence-corrected chi connectivity index (χ3v) is 6.31. The highest BCUT2D eigenvalue weighted by Crippen LogP contribution is 2.49. The van der Waals surface area contributed by atoms with Crippen molar-refractivity contribution in [3.8, 4) is 0 Å². The van der Waals surface area contributed by atoms with E-state index in [2.05, 4.69) is 60.5 Å². The van der Waals surface area contributed by atoms with Crippen molar-refractivity contribution in [2.24, 2.45) is 17.8 Å². The predicted molar refractivity (Wildman–Crippen MR) is 112 cm³/mol. The zero-order valence-corrected chi connectivity index (χ0v) is 16.4. The number of para-hydroxylation sites is 1. The normalized spacial score (nSPS) is 23.6. The molecule has 2 aromatic rings. The molecule has 2 fully saturated rings. The molecule has 3 nitrogen and oxygen atoms in total. The van der Waals surface area contributed by atoms with Crippen LogP contribution in [-0.4, -0.2) is 11.9 Å². The number of amides is 1. The van der Waals surface area contributed by atoms with E-state index in [9.17, 15) is 4.79 Å². The van der Waals surface area contributed by atoms with Crippen LogP contribution >= 0.6 is 0 Å². The molecule has 142 valence electrons. The standard InChI is InChI=1S/C24H30N2O/c1-17(2)26(22-6-4-3-5-7-22)23-12-10-21(11-13-23)25-24(27)16-20-15-18-8-9-19(20)14-18/h3-7,10-13,17-20H,8-9,14-16H2,1-2H3,(H,25,27)/t18-,19-,20+/m0/s1. The maximum atomic E-state index is 12.5. The second-order valence-electron chi connectivity index (χ2n) is 8.53. The molecule has 0 aromatic heterocycles. The molecule has 2 aliphatic carbocycles. The van der Waals surface area contributed by atoms with E-state index in [0.717, 1.165) is 23.2 Å². The van der Waals surface area contributed by atoms with Gasteiger partial charge in [-0.15, -0.1) is 0 Å². The Kier molecular flexibility index (Phi) is 5.20. The number of nitrogens with one attached hydrogen (secondary N) is 1. The van der Waals surface area contributed by atoms with Crippen LogP contribution in [0, 0.1) is 17.8 Å². The lowest BCUT2D eigenvalue weighted by molar-refractivity contribution is -0.117. The Balaban J connectivity index is 1.40. The zero-order chi connectivity index (χ0) is 18.8. The van der Waals surface area contributed by atoms with Gasteiger partial charge in [0.15, 0.2) is 0 Å². The van der Waals surface area contributed by atoms with Crippen molar-refractivity contribution < 1.29 is 4.79 Å². The summed E-state index contributed by atoms with van der Waals surface area (Å²) in [6.07, 6.45) is 6.03. The lowest BCUT2D eigenvalue weighted by Gasteiger charge is -2.29. The van der Waals surface area contributed by atoms with Gasteiger partial charge in [-0.25, -0.2) is 0 Å². The first kappa shape index (κ1) is 18.1. The first-order valence-electron chi connectivity index (χ1n) is 10.3. The summed E-state index contributed by atoms with van der Waals surface area (Å²) < 4.78 is 0. The number of fused-ring (bicyclic) bond motifs is 2. The van der Waals surface area contributed by atoms with Gasteiger partial charge in [0.1, 0.15) is 0 Å². The van der Waals surface area contributed by atoms with E-state index < -0.39 is 0 Å². The second-order valence-corrected chi connectivity index (χ2v) is 8.53. The van der Waals surface area contributed by atoms with Gasteiger partial charge < -0.3 is 10.2 Å². The van der Waals surface area contributed by atoms with Crippen molar-refractivity contribution in [3.05, 3.63) is 54.6 Å². The van der Waals surface area contributed by atoms with Crippen LogP contribution in [-0.2, 0) is 4.79 Å². The van der Waals surface area contributed by atoms with Crippen LogP contribution in [0.5, 0.6) is 0 Å². The van der Waals surface area contributed by atoms with E-state index in [-0.39, 0.29) is 5.91 Å². The topological polar surface area (TPSA) is 32.3 Å². The Morgan fingerprint density at radius 2 is 1.70 bits per heavy atom. The van der Waals surface area contributed by atoms with E-state index in [0.29, 0.717) is 18.4 Å². The molecule has 0 unspecified atom stereocenters. The molecule has 3 atom stereocenters. The van der Waals surface area contributed by atoms with Crippen molar-refractivity contribution in [1.82, 2.24) is 0 Å². The average molecular weight is 363 g/mol. The lowest BCUT2D eigenvalue weighted by atomic mass is 9.86. The van der Waals surface area contributed by atoms with Gasteiger partial charge in [-0.05, 0) is 87.3 Å². The molecular formula is C24H30N2O. The van der Waals surface area contributed by atoms with E-state index in [1.54, 1.807) is 0 Å². The molecule has 0 radical (unpaired) electrons. The van der Waals surface area contributed by atoms with Crippen LogP contribution < -0.4 is 10.2 Å². The van der Waals surface area contributed by atoms with E-state index in [1.807, 2.05) is 18.2 Å². The van der Waals surface area contributed by atoms with Gasteiger partial charge in [-0.2, -0.15) is 0 Å². The van der Waals surface area contributed by atoms with E-state index >= 15 is 0 Å².